The zero-order valence-electron chi connectivity index (χ0n) is 11.5. The molecule has 0 fully saturated rings. The van der Waals surface area contributed by atoms with Crippen LogP contribution in [0.15, 0.2) is 11.6 Å². The monoisotopic (exact) mass is 223 g/mol. The average Bonchev–Trinajstić information content (AvgIpc) is 2.54. The molecule has 0 amide bonds. The van der Waals surface area contributed by atoms with Crippen LogP contribution in [-0.2, 0) is 0 Å². The summed E-state index contributed by atoms with van der Waals surface area (Å²) in [6.07, 6.45) is 11.9. The predicted octanol–water partition coefficient (Wildman–Crippen LogP) is 4.39. The second-order valence-corrected chi connectivity index (χ2v) is 5.15. The lowest BCUT2D eigenvalue weighted by molar-refractivity contribution is 0.214. The highest BCUT2D eigenvalue weighted by atomic mass is 15.1. The van der Waals surface area contributed by atoms with Gasteiger partial charge < -0.3 is 4.90 Å². The van der Waals surface area contributed by atoms with E-state index >= 15 is 0 Å². The first-order valence-electron chi connectivity index (χ1n) is 7.19. The summed E-state index contributed by atoms with van der Waals surface area (Å²) in [6, 6.07) is 0.767. The van der Waals surface area contributed by atoms with Crippen molar-refractivity contribution in [2.45, 2.75) is 71.8 Å². The normalized spacial score (nSPS) is 20.3. The van der Waals surface area contributed by atoms with Crippen molar-refractivity contribution in [3.05, 3.63) is 11.6 Å². The standard InChI is InChI=1S/C15H29N/c1-4-6-7-9-15-10-8-12-16(13-11-15)14(3)5-2/h10,14H,4-9,11-13H2,1-3H3. The van der Waals surface area contributed by atoms with Crippen LogP contribution in [0.1, 0.15) is 65.7 Å². The van der Waals surface area contributed by atoms with Gasteiger partial charge in [0.15, 0.2) is 0 Å². The highest BCUT2D eigenvalue weighted by Crippen LogP contribution is 2.19. The first-order valence-corrected chi connectivity index (χ1v) is 7.19. The molecule has 0 spiro atoms. The van der Waals surface area contributed by atoms with Crippen molar-refractivity contribution in [3.8, 4) is 0 Å². The molecule has 1 rings (SSSR count). The fourth-order valence-corrected chi connectivity index (χ4v) is 2.46. The number of unbranched alkanes of at least 4 members (excludes halogenated alkanes) is 2. The third-order valence-electron chi connectivity index (χ3n) is 3.89. The van der Waals surface area contributed by atoms with Crippen molar-refractivity contribution in [3.63, 3.8) is 0 Å². The van der Waals surface area contributed by atoms with Crippen LogP contribution < -0.4 is 0 Å². The van der Waals surface area contributed by atoms with Gasteiger partial charge in [0.1, 0.15) is 0 Å². The highest BCUT2D eigenvalue weighted by Gasteiger charge is 2.14. The number of rotatable bonds is 6. The highest BCUT2D eigenvalue weighted by molar-refractivity contribution is 5.05. The van der Waals surface area contributed by atoms with Crippen LogP contribution in [0.5, 0.6) is 0 Å². The molecule has 0 aromatic carbocycles. The molecule has 0 aromatic heterocycles. The van der Waals surface area contributed by atoms with Crippen molar-refractivity contribution in [2.24, 2.45) is 0 Å². The van der Waals surface area contributed by atoms with Crippen LogP contribution >= 0.6 is 0 Å². The first-order chi connectivity index (χ1) is 7.77. The molecule has 0 aliphatic carbocycles. The van der Waals surface area contributed by atoms with E-state index in [9.17, 15) is 0 Å². The molecular formula is C15H29N. The van der Waals surface area contributed by atoms with E-state index in [1.54, 1.807) is 5.57 Å². The van der Waals surface area contributed by atoms with E-state index in [-0.39, 0.29) is 0 Å². The lowest BCUT2D eigenvalue weighted by Crippen LogP contribution is -2.33. The van der Waals surface area contributed by atoms with E-state index in [1.165, 1.54) is 58.0 Å². The van der Waals surface area contributed by atoms with Crippen LogP contribution in [0, 0.1) is 0 Å². The van der Waals surface area contributed by atoms with Crippen molar-refractivity contribution >= 4 is 0 Å². The van der Waals surface area contributed by atoms with Crippen LogP contribution in [-0.4, -0.2) is 24.0 Å². The van der Waals surface area contributed by atoms with Gasteiger partial charge in [-0.05, 0) is 39.0 Å². The topological polar surface area (TPSA) is 3.24 Å². The second-order valence-electron chi connectivity index (χ2n) is 5.15. The molecule has 94 valence electrons. The Labute approximate surface area is 102 Å². The van der Waals surface area contributed by atoms with Crippen LogP contribution in [0.25, 0.3) is 0 Å². The molecule has 0 saturated carbocycles. The van der Waals surface area contributed by atoms with Crippen LogP contribution in [0.3, 0.4) is 0 Å². The van der Waals surface area contributed by atoms with Gasteiger partial charge in [0.25, 0.3) is 0 Å². The van der Waals surface area contributed by atoms with Gasteiger partial charge >= 0.3 is 0 Å². The first kappa shape index (κ1) is 13.8. The molecule has 0 N–H and O–H groups in total. The Balaban J connectivity index is 2.29. The van der Waals surface area contributed by atoms with Crippen molar-refractivity contribution < 1.29 is 0 Å². The third-order valence-corrected chi connectivity index (χ3v) is 3.89. The molecule has 1 aliphatic rings. The fourth-order valence-electron chi connectivity index (χ4n) is 2.46. The summed E-state index contributed by atoms with van der Waals surface area (Å²) in [7, 11) is 0. The van der Waals surface area contributed by atoms with Crippen molar-refractivity contribution in [2.75, 3.05) is 13.1 Å². The lowest BCUT2D eigenvalue weighted by Gasteiger charge is -2.26. The summed E-state index contributed by atoms with van der Waals surface area (Å²) in [5, 5.41) is 0. The smallest absolute Gasteiger partial charge is 0.00645 e. The van der Waals surface area contributed by atoms with Gasteiger partial charge in [0.2, 0.25) is 0 Å². The van der Waals surface area contributed by atoms with E-state index in [0.717, 1.165) is 6.04 Å². The minimum Gasteiger partial charge on any atom is -0.300 e. The zero-order chi connectivity index (χ0) is 11.8. The van der Waals surface area contributed by atoms with E-state index < -0.39 is 0 Å². The number of hydrogen-bond donors (Lipinski definition) is 0. The molecule has 16 heavy (non-hydrogen) atoms. The molecule has 1 nitrogen and oxygen atoms in total. The molecule has 0 radical (unpaired) electrons. The molecule has 1 atom stereocenters. The van der Waals surface area contributed by atoms with E-state index in [4.69, 9.17) is 0 Å². The minimum atomic E-state index is 0.767. The number of nitrogens with zero attached hydrogens (tertiary/aromatic N) is 1. The fraction of sp³-hybridized carbons (Fsp3) is 0.867. The maximum atomic E-state index is 2.66. The Morgan fingerprint density at radius 1 is 1.25 bits per heavy atom. The van der Waals surface area contributed by atoms with E-state index in [0.29, 0.717) is 0 Å². The third kappa shape index (κ3) is 4.69. The molecule has 0 bridgehead atoms. The summed E-state index contributed by atoms with van der Waals surface area (Å²) >= 11 is 0. The van der Waals surface area contributed by atoms with Crippen molar-refractivity contribution in [1.29, 1.82) is 0 Å². The van der Waals surface area contributed by atoms with Gasteiger partial charge in [-0.3, -0.25) is 0 Å². The molecule has 1 heterocycles. The molecule has 1 heteroatoms. The van der Waals surface area contributed by atoms with Crippen molar-refractivity contribution in [1.82, 2.24) is 4.90 Å². The Morgan fingerprint density at radius 2 is 2.06 bits per heavy atom. The molecule has 0 saturated heterocycles. The summed E-state index contributed by atoms with van der Waals surface area (Å²) in [4.78, 5) is 2.66. The summed E-state index contributed by atoms with van der Waals surface area (Å²) < 4.78 is 0. The second kappa shape index (κ2) is 7.89. The van der Waals surface area contributed by atoms with Gasteiger partial charge in [-0.1, -0.05) is 38.3 Å². The Morgan fingerprint density at radius 3 is 2.75 bits per heavy atom. The lowest BCUT2D eigenvalue weighted by atomic mass is 10.0. The van der Waals surface area contributed by atoms with Crippen LogP contribution in [0.4, 0.5) is 0 Å². The van der Waals surface area contributed by atoms with E-state index in [1.807, 2.05) is 0 Å². The maximum Gasteiger partial charge on any atom is 0.00645 e. The maximum absolute atomic E-state index is 2.66. The molecule has 0 aromatic rings. The quantitative estimate of drug-likeness (QED) is 0.477. The van der Waals surface area contributed by atoms with E-state index in [2.05, 4.69) is 31.7 Å². The molecule has 1 unspecified atom stereocenters. The van der Waals surface area contributed by atoms with Gasteiger partial charge in [-0.2, -0.15) is 0 Å². The SMILES string of the molecule is CCCCCC1=CCCN(C(C)CC)CC1. The Kier molecular flexibility index (Phi) is 6.79. The Bertz CT molecular complexity index is 207. The summed E-state index contributed by atoms with van der Waals surface area (Å²) in [6.45, 7) is 9.50. The summed E-state index contributed by atoms with van der Waals surface area (Å²) in [5.74, 6) is 0. The van der Waals surface area contributed by atoms with Gasteiger partial charge in [0, 0.05) is 19.1 Å². The van der Waals surface area contributed by atoms with Crippen LogP contribution in [0.2, 0.25) is 0 Å². The molecule has 1 aliphatic heterocycles. The zero-order valence-corrected chi connectivity index (χ0v) is 11.5. The van der Waals surface area contributed by atoms with Gasteiger partial charge in [-0.25, -0.2) is 0 Å². The Hall–Kier alpha value is -0.300. The average molecular weight is 223 g/mol. The summed E-state index contributed by atoms with van der Waals surface area (Å²) in [5.41, 5.74) is 1.72. The largest absolute Gasteiger partial charge is 0.300 e. The van der Waals surface area contributed by atoms with Gasteiger partial charge in [-0.15, -0.1) is 0 Å². The minimum absolute atomic E-state index is 0.767. The molecular weight excluding hydrogens is 194 g/mol. The number of hydrogen-bond acceptors (Lipinski definition) is 1. The van der Waals surface area contributed by atoms with Gasteiger partial charge in [0.05, 0.1) is 0 Å². The predicted molar refractivity (Wildman–Crippen MR) is 72.8 cm³/mol.